The van der Waals surface area contributed by atoms with Crippen molar-refractivity contribution in [1.29, 1.82) is 0 Å². The Morgan fingerprint density at radius 2 is 1.70 bits per heavy atom. The van der Waals surface area contributed by atoms with Crippen LogP contribution in [0.1, 0.15) is 36.0 Å². The predicted molar refractivity (Wildman–Crippen MR) is 104 cm³/mol. The van der Waals surface area contributed by atoms with Gasteiger partial charge in [-0.2, -0.15) is 0 Å². The zero-order chi connectivity index (χ0) is 19.2. The second-order valence-electron chi connectivity index (χ2n) is 6.43. The van der Waals surface area contributed by atoms with Crippen LogP contribution in [0.3, 0.4) is 0 Å². The molecule has 0 saturated heterocycles. The molecule has 7 nitrogen and oxygen atoms in total. The number of carbonyl (C=O) groups excluding carboxylic acids is 1. The summed E-state index contributed by atoms with van der Waals surface area (Å²) >= 11 is 0. The third kappa shape index (κ3) is 4.42. The van der Waals surface area contributed by atoms with E-state index in [1.807, 2.05) is 6.07 Å². The highest BCUT2D eigenvalue weighted by atomic mass is 16.5. The number of amides is 1. The second-order valence-corrected chi connectivity index (χ2v) is 6.43. The van der Waals surface area contributed by atoms with Crippen molar-refractivity contribution >= 4 is 17.4 Å². The zero-order valence-electron chi connectivity index (χ0n) is 15.9. The maximum Gasteiger partial charge on any atom is 0.257 e. The molecule has 1 aliphatic carbocycles. The summed E-state index contributed by atoms with van der Waals surface area (Å²) in [6.45, 7) is 0. The van der Waals surface area contributed by atoms with Crippen molar-refractivity contribution in [3.05, 3.63) is 36.0 Å². The van der Waals surface area contributed by atoms with Crippen LogP contribution in [0.5, 0.6) is 17.2 Å². The van der Waals surface area contributed by atoms with Gasteiger partial charge in [0, 0.05) is 11.6 Å². The molecule has 27 heavy (non-hydrogen) atoms. The zero-order valence-corrected chi connectivity index (χ0v) is 15.9. The molecule has 3 rings (SSSR count). The molecule has 1 aliphatic rings. The number of anilines is 2. The molecule has 0 aliphatic heterocycles. The van der Waals surface area contributed by atoms with Gasteiger partial charge in [0.1, 0.15) is 5.82 Å². The third-order valence-electron chi connectivity index (χ3n) is 4.66. The summed E-state index contributed by atoms with van der Waals surface area (Å²) in [5.74, 6) is 1.46. The number of methoxy groups -OCH3 is 3. The van der Waals surface area contributed by atoms with E-state index in [0.29, 0.717) is 34.7 Å². The molecular weight excluding hydrogens is 346 g/mol. The largest absolute Gasteiger partial charge is 0.493 e. The molecule has 1 amide bonds. The van der Waals surface area contributed by atoms with E-state index < -0.39 is 0 Å². The van der Waals surface area contributed by atoms with Crippen LogP contribution < -0.4 is 24.8 Å². The number of aromatic nitrogens is 1. The molecular formula is C20H25N3O4. The van der Waals surface area contributed by atoms with Gasteiger partial charge in [-0.1, -0.05) is 12.8 Å². The molecule has 144 valence electrons. The van der Waals surface area contributed by atoms with E-state index in [-0.39, 0.29) is 5.91 Å². The number of benzene rings is 1. The standard InChI is InChI=1S/C20H25N3O4/c1-25-16-10-13(11-17(26-2)19(16)27-3)20(24)23-18-9-8-15(12-21-18)22-14-6-4-5-7-14/h8-12,14,22H,4-7H2,1-3H3,(H,21,23,24). The van der Waals surface area contributed by atoms with Crippen LogP contribution in [0.25, 0.3) is 0 Å². The molecule has 0 spiro atoms. The van der Waals surface area contributed by atoms with Crippen molar-refractivity contribution in [2.24, 2.45) is 0 Å². The number of nitrogens with one attached hydrogen (secondary N) is 2. The van der Waals surface area contributed by atoms with E-state index in [9.17, 15) is 4.79 Å². The minimum Gasteiger partial charge on any atom is -0.493 e. The van der Waals surface area contributed by atoms with E-state index >= 15 is 0 Å². The number of carbonyl (C=O) groups is 1. The maximum absolute atomic E-state index is 12.6. The Balaban J connectivity index is 1.71. The SMILES string of the molecule is COc1cc(C(=O)Nc2ccc(NC3CCCC3)cn2)cc(OC)c1OC. The van der Waals surface area contributed by atoms with Crippen molar-refractivity contribution in [2.45, 2.75) is 31.7 Å². The Hall–Kier alpha value is -2.96. The smallest absolute Gasteiger partial charge is 0.257 e. The Labute approximate surface area is 159 Å². The third-order valence-corrected chi connectivity index (χ3v) is 4.66. The summed E-state index contributed by atoms with van der Waals surface area (Å²) in [6, 6.07) is 7.44. The first-order valence-corrected chi connectivity index (χ1v) is 8.98. The van der Waals surface area contributed by atoms with Crippen molar-refractivity contribution in [3.63, 3.8) is 0 Å². The lowest BCUT2D eigenvalue weighted by molar-refractivity contribution is 0.102. The van der Waals surface area contributed by atoms with Gasteiger partial charge >= 0.3 is 0 Å². The molecule has 1 heterocycles. The fourth-order valence-electron chi connectivity index (χ4n) is 3.26. The summed E-state index contributed by atoms with van der Waals surface area (Å²) in [7, 11) is 4.54. The van der Waals surface area contributed by atoms with Gasteiger partial charge < -0.3 is 24.8 Å². The van der Waals surface area contributed by atoms with Crippen LogP contribution in [-0.4, -0.2) is 38.3 Å². The minimum absolute atomic E-state index is 0.307. The van der Waals surface area contributed by atoms with Crippen molar-refractivity contribution < 1.29 is 19.0 Å². The Morgan fingerprint density at radius 3 is 2.22 bits per heavy atom. The first-order valence-electron chi connectivity index (χ1n) is 8.98. The van der Waals surface area contributed by atoms with Crippen LogP contribution in [0.15, 0.2) is 30.5 Å². The van der Waals surface area contributed by atoms with Gasteiger partial charge in [-0.25, -0.2) is 4.98 Å². The highest BCUT2D eigenvalue weighted by Gasteiger charge is 2.18. The summed E-state index contributed by atoms with van der Waals surface area (Å²) in [5.41, 5.74) is 1.35. The second kappa shape index (κ2) is 8.62. The van der Waals surface area contributed by atoms with E-state index in [2.05, 4.69) is 15.6 Å². The highest BCUT2D eigenvalue weighted by molar-refractivity contribution is 6.04. The van der Waals surface area contributed by atoms with Gasteiger partial charge in [-0.3, -0.25) is 4.79 Å². The van der Waals surface area contributed by atoms with E-state index in [0.717, 1.165) is 5.69 Å². The van der Waals surface area contributed by atoms with Crippen molar-refractivity contribution in [1.82, 2.24) is 4.98 Å². The lowest BCUT2D eigenvalue weighted by atomic mass is 10.1. The summed E-state index contributed by atoms with van der Waals surface area (Å²) in [6.07, 6.45) is 6.67. The van der Waals surface area contributed by atoms with E-state index in [1.54, 1.807) is 24.4 Å². The minimum atomic E-state index is -0.307. The number of nitrogens with zero attached hydrogens (tertiary/aromatic N) is 1. The summed E-state index contributed by atoms with van der Waals surface area (Å²) in [5, 5.41) is 6.26. The highest BCUT2D eigenvalue weighted by Crippen LogP contribution is 2.38. The topological polar surface area (TPSA) is 81.7 Å². The molecule has 0 radical (unpaired) electrons. The molecule has 1 saturated carbocycles. The van der Waals surface area contributed by atoms with Crippen molar-refractivity contribution in [2.75, 3.05) is 32.0 Å². The van der Waals surface area contributed by atoms with Gasteiger partial charge in [0.25, 0.3) is 5.91 Å². The van der Waals surface area contributed by atoms with Crippen molar-refractivity contribution in [3.8, 4) is 17.2 Å². The number of ether oxygens (including phenoxy) is 3. The summed E-state index contributed by atoms with van der Waals surface area (Å²) in [4.78, 5) is 16.9. The van der Waals surface area contributed by atoms with Crippen LogP contribution in [0.4, 0.5) is 11.5 Å². The lowest BCUT2D eigenvalue weighted by Crippen LogP contribution is -2.16. The molecule has 1 fully saturated rings. The fourth-order valence-corrected chi connectivity index (χ4v) is 3.26. The number of hydrogen-bond acceptors (Lipinski definition) is 6. The van der Waals surface area contributed by atoms with Gasteiger partial charge in [0.15, 0.2) is 11.5 Å². The van der Waals surface area contributed by atoms with Crippen LogP contribution in [-0.2, 0) is 0 Å². The van der Waals surface area contributed by atoms with Crippen LogP contribution >= 0.6 is 0 Å². The Kier molecular flexibility index (Phi) is 6.01. The first-order chi connectivity index (χ1) is 13.1. The number of pyridine rings is 1. The number of hydrogen-bond donors (Lipinski definition) is 2. The molecule has 2 N–H and O–H groups in total. The monoisotopic (exact) mass is 371 g/mol. The normalized spacial score (nSPS) is 13.9. The Bertz CT molecular complexity index is 761. The molecule has 0 unspecified atom stereocenters. The molecule has 1 aromatic heterocycles. The maximum atomic E-state index is 12.6. The average Bonchev–Trinajstić information content (AvgIpc) is 3.21. The molecule has 1 aromatic carbocycles. The summed E-state index contributed by atoms with van der Waals surface area (Å²) < 4.78 is 15.9. The van der Waals surface area contributed by atoms with Gasteiger partial charge in [0.2, 0.25) is 5.75 Å². The van der Waals surface area contributed by atoms with Crippen LogP contribution in [0, 0.1) is 0 Å². The van der Waals surface area contributed by atoms with E-state index in [1.165, 1.54) is 47.0 Å². The average molecular weight is 371 g/mol. The predicted octanol–water partition coefficient (Wildman–Crippen LogP) is 3.71. The quantitative estimate of drug-likeness (QED) is 0.772. The lowest BCUT2D eigenvalue weighted by Gasteiger charge is -2.15. The first kappa shape index (κ1) is 18.8. The Morgan fingerprint density at radius 1 is 1.04 bits per heavy atom. The van der Waals surface area contributed by atoms with Gasteiger partial charge in [0.05, 0.1) is 33.2 Å². The van der Waals surface area contributed by atoms with Gasteiger partial charge in [-0.05, 0) is 37.1 Å². The fraction of sp³-hybridized carbons (Fsp3) is 0.400. The number of rotatable bonds is 7. The van der Waals surface area contributed by atoms with E-state index in [4.69, 9.17) is 14.2 Å². The molecule has 2 aromatic rings. The molecule has 7 heteroatoms. The molecule has 0 atom stereocenters. The van der Waals surface area contributed by atoms with Gasteiger partial charge in [-0.15, -0.1) is 0 Å². The van der Waals surface area contributed by atoms with Crippen LogP contribution in [0.2, 0.25) is 0 Å². The molecule has 0 bridgehead atoms.